The van der Waals surface area contributed by atoms with E-state index in [4.69, 9.17) is 27.0 Å². The molecule has 0 aliphatic heterocycles. The first-order valence-corrected chi connectivity index (χ1v) is 12.8. The second-order valence-corrected chi connectivity index (χ2v) is 10.1. The fraction of sp³-hybridized carbons (Fsp3) is 0.125. The summed E-state index contributed by atoms with van der Waals surface area (Å²) in [6.07, 6.45) is 3.05. The summed E-state index contributed by atoms with van der Waals surface area (Å²) in [5, 5.41) is 8.87. The van der Waals surface area contributed by atoms with Crippen LogP contribution in [0.2, 0.25) is 5.02 Å². The van der Waals surface area contributed by atoms with E-state index in [0.717, 1.165) is 11.3 Å². The fourth-order valence-corrected chi connectivity index (χ4v) is 3.66. The van der Waals surface area contributed by atoms with Gasteiger partial charge in [0.1, 0.15) is 6.61 Å². The number of hydrogen-bond donors (Lipinski definition) is 0. The molecule has 34 heavy (non-hydrogen) atoms. The molecular formula is C24H21Cl2N3O4S. The molecule has 0 aliphatic carbocycles. The van der Waals surface area contributed by atoms with Crippen LogP contribution in [-0.2, 0) is 18.6 Å². The van der Waals surface area contributed by atoms with Crippen molar-refractivity contribution in [1.29, 1.82) is 0 Å². The van der Waals surface area contributed by atoms with Crippen LogP contribution < -0.4 is 4.90 Å². The van der Waals surface area contributed by atoms with E-state index in [-0.39, 0.29) is 11.5 Å². The molecule has 0 fully saturated rings. The number of rotatable bonds is 9. The minimum absolute atomic E-state index is 0.00349. The maximum absolute atomic E-state index is 11.9. The molecule has 0 unspecified atom stereocenters. The predicted molar refractivity (Wildman–Crippen MR) is 135 cm³/mol. The third-order valence-electron chi connectivity index (χ3n) is 4.64. The second kappa shape index (κ2) is 11.8. The number of nitrogens with zero attached hydrogens (tertiary/aromatic N) is 3. The number of hydrogen-bond acceptors (Lipinski definition) is 7. The Labute approximate surface area is 207 Å². The van der Waals surface area contributed by atoms with Crippen molar-refractivity contribution in [2.75, 3.05) is 25.1 Å². The van der Waals surface area contributed by atoms with Gasteiger partial charge in [-0.05, 0) is 72.3 Å². The molecule has 0 saturated heterocycles. The van der Waals surface area contributed by atoms with Crippen LogP contribution >= 0.6 is 22.3 Å². The van der Waals surface area contributed by atoms with E-state index in [2.05, 4.69) is 10.2 Å². The summed E-state index contributed by atoms with van der Waals surface area (Å²) < 4.78 is 27.8. The van der Waals surface area contributed by atoms with Crippen molar-refractivity contribution in [3.8, 4) is 0 Å². The maximum atomic E-state index is 11.9. The Morgan fingerprint density at radius 1 is 0.941 bits per heavy atom. The molecule has 0 spiro atoms. The van der Waals surface area contributed by atoms with Gasteiger partial charge in [-0.25, -0.2) is 13.2 Å². The lowest BCUT2D eigenvalue weighted by Crippen LogP contribution is -2.23. The van der Waals surface area contributed by atoms with Gasteiger partial charge in [-0.15, -0.1) is 0 Å². The number of anilines is 1. The molecule has 0 bridgehead atoms. The van der Waals surface area contributed by atoms with Gasteiger partial charge in [-0.3, -0.25) is 0 Å². The topological polar surface area (TPSA) is 88.4 Å². The summed E-state index contributed by atoms with van der Waals surface area (Å²) in [5.41, 5.74) is 2.90. The third kappa shape index (κ3) is 7.98. The highest BCUT2D eigenvalue weighted by Crippen LogP contribution is 2.23. The molecule has 0 N–H and O–H groups in total. The summed E-state index contributed by atoms with van der Waals surface area (Å²) in [4.78, 5) is 13.8. The molecule has 176 valence electrons. The van der Waals surface area contributed by atoms with Crippen LogP contribution in [0.4, 0.5) is 17.1 Å². The molecule has 3 aromatic rings. The van der Waals surface area contributed by atoms with Crippen LogP contribution in [0, 0.1) is 0 Å². The molecule has 0 amide bonds. The number of ether oxygens (including phenoxy) is 1. The average molecular weight is 518 g/mol. The zero-order valence-electron chi connectivity index (χ0n) is 18.1. The van der Waals surface area contributed by atoms with Crippen molar-refractivity contribution < 1.29 is 17.9 Å². The summed E-state index contributed by atoms with van der Waals surface area (Å²) in [5.74, 6) is -0.421. The number of azo groups is 1. The van der Waals surface area contributed by atoms with Crippen LogP contribution in [0.15, 0.2) is 94.0 Å². The van der Waals surface area contributed by atoms with E-state index in [9.17, 15) is 13.2 Å². The molecule has 10 heteroatoms. The summed E-state index contributed by atoms with van der Waals surface area (Å²) in [7, 11) is 3.42. The third-order valence-corrected chi connectivity index (χ3v) is 6.26. The van der Waals surface area contributed by atoms with Crippen molar-refractivity contribution in [1.82, 2.24) is 0 Å². The van der Waals surface area contributed by atoms with Gasteiger partial charge in [-0.1, -0.05) is 23.7 Å². The zero-order chi connectivity index (χ0) is 24.6. The van der Waals surface area contributed by atoms with Crippen molar-refractivity contribution in [2.45, 2.75) is 4.90 Å². The summed E-state index contributed by atoms with van der Waals surface area (Å²) in [6, 6.07) is 20.3. The lowest BCUT2D eigenvalue weighted by molar-refractivity contribution is -0.137. The summed E-state index contributed by atoms with van der Waals surface area (Å²) in [6.45, 7) is 0.743. The molecule has 0 aliphatic rings. The van der Waals surface area contributed by atoms with Gasteiger partial charge < -0.3 is 9.64 Å². The minimum atomic E-state index is -3.77. The number of carbonyl (C=O) groups is 1. The number of likely N-dealkylation sites (N-methyl/N-ethyl adjacent to an activating group) is 1. The van der Waals surface area contributed by atoms with E-state index >= 15 is 0 Å². The number of esters is 1. The molecule has 0 heterocycles. The molecule has 3 aromatic carbocycles. The van der Waals surface area contributed by atoms with E-state index in [1.807, 2.05) is 36.2 Å². The Balaban J connectivity index is 1.47. The second-order valence-electron chi connectivity index (χ2n) is 7.12. The van der Waals surface area contributed by atoms with Crippen molar-refractivity contribution >= 4 is 60.4 Å². The predicted octanol–water partition coefficient (Wildman–Crippen LogP) is 6.38. The van der Waals surface area contributed by atoms with Crippen LogP contribution in [0.1, 0.15) is 5.56 Å². The molecular weight excluding hydrogens is 497 g/mol. The number of carbonyl (C=O) groups excluding carboxylic acids is 1. The number of benzene rings is 3. The first-order chi connectivity index (χ1) is 16.2. The van der Waals surface area contributed by atoms with Crippen LogP contribution in [-0.4, -0.2) is 34.6 Å². The van der Waals surface area contributed by atoms with Crippen molar-refractivity contribution in [2.24, 2.45) is 10.2 Å². The maximum Gasteiger partial charge on any atom is 0.330 e. The van der Waals surface area contributed by atoms with Crippen LogP contribution in [0.25, 0.3) is 6.08 Å². The smallest absolute Gasteiger partial charge is 0.330 e. The number of halogens is 2. The van der Waals surface area contributed by atoms with Crippen molar-refractivity contribution in [3.63, 3.8) is 0 Å². The van der Waals surface area contributed by atoms with Crippen molar-refractivity contribution in [3.05, 3.63) is 89.5 Å². The van der Waals surface area contributed by atoms with Gasteiger partial charge in [0.25, 0.3) is 9.05 Å². The highest BCUT2D eigenvalue weighted by molar-refractivity contribution is 8.13. The largest absolute Gasteiger partial charge is 0.461 e. The molecule has 0 radical (unpaired) electrons. The standard InChI is InChI=1S/C24H21Cl2N3O4S/c1-29(16-17-33-24(30)15-4-18-2-5-19(25)6-3-18)22-11-7-20(8-12-22)27-28-21-9-13-23(14-10-21)34(26,31)32/h2-15H,16-17H2,1H3/b15-4+,28-27+. The molecule has 3 rings (SSSR count). The lowest BCUT2D eigenvalue weighted by atomic mass is 10.2. The van der Waals surface area contributed by atoms with Gasteiger partial charge in [0, 0.05) is 34.5 Å². The normalized spacial score (nSPS) is 11.7. The zero-order valence-corrected chi connectivity index (χ0v) is 20.5. The van der Waals surface area contributed by atoms with Gasteiger partial charge in [-0.2, -0.15) is 10.2 Å². The van der Waals surface area contributed by atoms with Gasteiger partial charge in [0.2, 0.25) is 0 Å². The molecule has 0 aromatic heterocycles. The molecule has 0 atom stereocenters. The minimum Gasteiger partial charge on any atom is -0.461 e. The highest BCUT2D eigenvalue weighted by atomic mass is 35.7. The first-order valence-electron chi connectivity index (χ1n) is 10.1. The quantitative estimate of drug-likeness (QED) is 0.142. The Bertz CT molecular complexity index is 1280. The van der Waals surface area contributed by atoms with E-state index in [1.165, 1.54) is 30.3 Å². The van der Waals surface area contributed by atoms with E-state index in [0.29, 0.717) is 22.9 Å². The fourth-order valence-electron chi connectivity index (χ4n) is 2.76. The lowest BCUT2D eigenvalue weighted by Gasteiger charge is -2.18. The SMILES string of the molecule is CN(CCOC(=O)/C=C/c1ccc(Cl)cc1)c1ccc(/N=N/c2ccc(S(=O)(=O)Cl)cc2)cc1. The van der Waals surface area contributed by atoms with Crippen LogP contribution in [0.5, 0.6) is 0 Å². The Morgan fingerprint density at radius 3 is 2.06 bits per heavy atom. The first kappa shape index (κ1) is 25.4. The Morgan fingerprint density at radius 2 is 1.50 bits per heavy atom. The van der Waals surface area contributed by atoms with Crippen LogP contribution in [0.3, 0.4) is 0 Å². The monoisotopic (exact) mass is 517 g/mol. The van der Waals surface area contributed by atoms with Gasteiger partial charge in [0.05, 0.1) is 22.8 Å². The van der Waals surface area contributed by atoms with E-state index < -0.39 is 15.0 Å². The average Bonchev–Trinajstić information content (AvgIpc) is 2.82. The van der Waals surface area contributed by atoms with Gasteiger partial charge in [0.15, 0.2) is 0 Å². The Hall–Kier alpha value is -3.20. The summed E-state index contributed by atoms with van der Waals surface area (Å²) >= 11 is 5.84. The van der Waals surface area contributed by atoms with E-state index in [1.54, 1.807) is 30.3 Å². The Kier molecular flexibility index (Phi) is 8.81. The molecule has 7 nitrogen and oxygen atoms in total. The molecule has 0 saturated carbocycles. The highest BCUT2D eigenvalue weighted by Gasteiger charge is 2.08. The van der Waals surface area contributed by atoms with Gasteiger partial charge >= 0.3 is 5.97 Å².